The molecule has 0 amide bonds. The summed E-state index contributed by atoms with van der Waals surface area (Å²) in [7, 11) is 6.43. The average Bonchev–Trinajstić information content (AvgIpc) is 0.806. The molecule has 5 N–H and O–H groups in total. The fourth-order valence-corrected chi connectivity index (χ4v) is 14.3. The number of ether oxygens (including phenoxy) is 4. The molecule has 20 rings (SSSR count). The van der Waals surface area contributed by atoms with Gasteiger partial charge in [0, 0.05) is 61.7 Å². The van der Waals surface area contributed by atoms with E-state index in [4.69, 9.17) is 23.9 Å². The van der Waals surface area contributed by atoms with Gasteiger partial charge in [0.2, 0.25) is 0 Å². The van der Waals surface area contributed by atoms with Crippen LogP contribution in [0.15, 0.2) is 370 Å². The van der Waals surface area contributed by atoms with E-state index in [0.29, 0.717) is 121 Å². The monoisotopic (exact) mass is 1830 g/mol. The Morgan fingerprint density at radius 1 is 0.165 bits per heavy atom. The minimum Gasteiger partial charge on any atom is -0.507 e. The van der Waals surface area contributed by atoms with Crippen LogP contribution in [0.2, 0.25) is 0 Å². The summed E-state index contributed by atoms with van der Waals surface area (Å²) in [6.45, 7) is 10.00. The van der Waals surface area contributed by atoms with Crippen LogP contribution in [-0.2, 0) is 0 Å². The van der Waals surface area contributed by atoms with Crippen molar-refractivity contribution in [1.29, 1.82) is 0 Å². The van der Waals surface area contributed by atoms with Gasteiger partial charge < -0.3 is 44.5 Å². The first-order valence-corrected chi connectivity index (χ1v) is 44.0. The summed E-state index contributed by atoms with van der Waals surface area (Å²) in [5, 5.41) is 51.8. The third-order valence-electron chi connectivity index (χ3n) is 22.0. The Morgan fingerprint density at radius 2 is 0.367 bits per heavy atom. The van der Waals surface area contributed by atoms with E-state index in [1.54, 1.807) is 95.2 Å². The Kier molecular flexibility index (Phi) is 30.7. The molecule has 5 heterocycles. The lowest BCUT2D eigenvalue weighted by Gasteiger charge is -2.10. The van der Waals surface area contributed by atoms with Gasteiger partial charge in [-0.3, -0.25) is 0 Å². The minimum atomic E-state index is 0. The van der Waals surface area contributed by atoms with Gasteiger partial charge in [0.15, 0.2) is 87.4 Å². The van der Waals surface area contributed by atoms with Crippen molar-refractivity contribution in [3.05, 3.63) is 398 Å². The Labute approximate surface area is 805 Å². The van der Waals surface area contributed by atoms with Gasteiger partial charge in [-0.15, -0.1) is 0 Å². The van der Waals surface area contributed by atoms with Crippen molar-refractivity contribution >= 4 is 0 Å². The molecule has 0 atom stereocenters. The van der Waals surface area contributed by atoms with Crippen LogP contribution < -0.4 is 18.9 Å². The highest BCUT2D eigenvalue weighted by Gasteiger charge is 2.23. The van der Waals surface area contributed by atoms with Crippen LogP contribution in [-0.4, -0.2) is 129 Å². The maximum Gasteiger partial charge on any atom is 0.167 e. The topological polar surface area (TPSA) is 331 Å². The van der Waals surface area contributed by atoms with E-state index in [2.05, 4.69) is 69.8 Å². The van der Waals surface area contributed by atoms with Crippen LogP contribution in [0.25, 0.3) is 171 Å². The summed E-state index contributed by atoms with van der Waals surface area (Å²) in [5.74, 6) is 11.1. The standard InChI is InChI=1S/C24H21N3O2.C23H19N3O3.C23H19N3O2.2C22H17N3O.CH4/c1-15-7-9-17(10-8-15)22-25-23(18-11-13-19(29-3)14-12-18)27-24(26-22)20-6-4-5-16(2)21(20)28;1-28-17-10-8-16(9-11-17)22-24-21(15-6-4-3-5-7-15)25-23(26-22)19-13-12-18(29-2)14-20(19)27;1-15-7-9-16(10-8-15)21-24-22(17-11-13-18(28-2)14-12-17)26-23(25-21)19-5-3-4-6-20(19)27;1-15-9-5-6-12-17(15)21-23-20(16-10-3-2-4-11-16)24-22(25-21)18-13-7-8-14-19(18)26;1-15-11-13-17(14-12-15)21-23-20(16-7-3-2-4-8-16)24-22(25-21)18-9-5-6-10-19(18)26;/h4-14,28H,1-3H3;3-14,27H,1-2H3;3-14,27H,1-2H3;2*2-14,26H,1H3;1H4. The molecule has 139 heavy (non-hydrogen) atoms. The van der Waals surface area contributed by atoms with Crippen molar-refractivity contribution in [2.24, 2.45) is 0 Å². The normalized spacial score (nSPS) is 10.6. The van der Waals surface area contributed by atoms with Crippen molar-refractivity contribution in [2.45, 2.75) is 42.0 Å². The lowest BCUT2D eigenvalue weighted by Crippen LogP contribution is -2.01. The summed E-state index contributed by atoms with van der Waals surface area (Å²) in [4.78, 5) is 69.5. The van der Waals surface area contributed by atoms with E-state index < -0.39 is 0 Å². The molecule has 0 saturated heterocycles. The van der Waals surface area contributed by atoms with Gasteiger partial charge in [-0.05, 0) is 173 Å². The number of phenolic OH excluding ortho intramolecular Hbond substituents is 5. The fourth-order valence-electron chi connectivity index (χ4n) is 14.3. The number of nitrogens with zero attached hydrogens (tertiary/aromatic N) is 15. The van der Waals surface area contributed by atoms with Gasteiger partial charge in [-0.1, -0.05) is 261 Å². The summed E-state index contributed by atoms with van der Waals surface area (Å²) < 4.78 is 20.9. The average molecular weight is 1830 g/mol. The summed E-state index contributed by atoms with van der Waals surface area (Å²) in [5.41, 5.74) is 17.0. The van der Waals surface area contributed by atoms with E-state index in [1.165, 1.54) is 11.6 Å². The number of hydrogen-bond acceptors (Lipinski definition) is 24. The molecule has 20 aromatic rings. The molecule has 0 saturated carbocycles. The zero-order valence-electron chi connectivity index (χ0n) is 76.8. The highest BCUT2D eigenvalue weighted by molar-refractivity contribution is 5.77. The lowest BCUT2D eigenvalue weighted by atomic mass is 10.1. The van der Waals surface area contributed by atoms with Gasteiger partial charge >= 0.3 is 0 Å². The van der Waals surface area contributed by atoms with E-state index in [9.17, 15) is 25.5 Å². The molecule has 0 fully saturated rings. The molecule has 0 aliphatic carbocycles. The minimum absolute atomic E-state index is 0. The van der Waals surface area contributed by atoms with Crippen molar-refractivity contribution in [2.75, 3.05) is 28.4 Å². The number of phenols is 5. The van der Waals surface area contributed by atoms with Crippen molar-refractivity contribution < 1.29 is 44.5 Å². The van der Waals surface area contributed by atoms with Gasteiger partial charge in [-0.2, -0.15) is 0 Å². The van der Waals surface area contributed by atoms with Crippen LogP contribution >= 0.6 is 0 Å². The molecule has 0 aliphatic rings. The fraction of sp³-hybridized carbons (Fsp3) is 0.0870. The lowest BCUT2D eigenvalue weighted by molar-refractivity contribution is 0.408. The van der Waals surface area contributed by atoms with Gasteiger partial charge in [-0.25, -0.2) is 74.8 Å². The highest BCUT2D eigenvalue weighted by Crippen LogP contribution is 2.39. The van der Waals surface area contributed by atoms with Crippen molar-refractivity contribution in [3.8, 4) is 223 Å². The molecule has 686 valence electrons. The number of hydrogen-bond donors (Lipinski definition) is 5. The van der Waals surface area contributed by atoms with Crippen LogP contribution in [0, 0.1) is 34.6 Å². The Bertz CT molecular complexity index is 7530. The van der Waals surface area contributed by atoms with Gasteiger partial charge in [0.05, 0.1) is 56.3 Å². The number of para-hydroxylation sites is 4. The third kappa shape index (κ3) is 23.6. The zero-order chi connectivity index (χ0) is 96.0. The largest absolute Gasteiger partial charge is 0.507 e. The van der Waals surface area contributed by atoms with E-state index in [0.717, 1.165) is 95.1 Å². The molecule has 0 aliphatic heterocycles. The second-order valence-electron chi connectivity index (χ2n) is 31.6. The molecule has 24 heteroatoms. The van der Waals surface area contributed by atoms with Gasteiger partial charge in [0.25, 0.3) is 0 Å². The summed E-state index contributed by atoms with van der Waals surface area (Å²) >= 11 is 0. The molecular formula is C115H97N15O9. The Morgan fingerprint density at radius 3 is 0.640 bits per heavy atom. The first kappa shape index (κ1) is 95.2. The molecule has 24 nitrogen and oxygen atoms in total. The second-order valence-corrected chi connectivity index (χ2v) is 31.6. The second kappa shape index (κ2) is 44.9. The number of methoxy groups -OCH3 is 4. The molecular weight excluding hydrogens is 1740 g/mol. The third-order valence-corrected chi connectivity index (χ3v) is 22.0. The SMILES string of the molecule is C.COc1ccc(-c2nc(-c3ccc(C)cc3)nc(-c3cccc(C)c3O)n2)cc1.COc1ccc(-c2nc(-c3ccc(C)cc3)nc(-c3ccccc3O)n2)cc1.COc1ccc(-c2nc(-c3ccccc3)nc(-c3ccc(OC)cc3O)n2)cc1.Cc1ccc(-c2nc(-c3ccccc3)nc(-c3ccccc3O)n2)cc1.Cc1ccccc1-c1nc(-c2ccccc2)nc(-c2ccccc2O)n1. The molecule has 0 bridgehead atoms. The van der Waals surface area contributed by atoms with Crippen LogP contribution in [0.1, 0.15) is 35.2 Å². The molecule has 0 spiro atoms. The van der Waals surface area contributed by atoms with Crippen LogP contribution in [0.4, 0.5) is 0 Å². The predicted molar refractivity (Wildman–Crippen MR) is 546 cm³/mol. The smallest absolute Gasteiger partial charge is 0.167 e. The molecule has 15 aromatic carbocycles. The molecule has 0 radical (unpaired) electrons. The number of aromatic hydroxyl groups is 5. The van der Waals surface area contributed by atoms with Gasteiger partial charge in [0.1, 0.15) is 51.7 Å². The van der Waals surface area contributed by atoms with Crippen molar-refractivity contribution in [3.63, 3.8) is 0 Å². The Hall–Kier alpha value is -18.5. The zero-order valence-corrected chi connectivity index (χ0v) is 76.8. The first-order chi connectivity index (χ1) is 67.3. The summed E-state index contributed by atoms with van der Waals surface area (Å²) in [6.07, 6.45) is 0. The number of aromatic nitrogens is 15. The highest BCUT2D eigenvalue weighted by atomic mass is 16.5. The first-order valence-electron chi connectivity index (χ1n) is 44.0. The van der Waals surface area contributed by atoms with Crippen molar-refractivity contribution in [1.82, 2.24) is 74.8 Å². The number of aryl methyl sites for hydroxylation is 5. The predicted octanol–water partition coefficient (Wildman–Crippen LogP) is 25.1. The van der Waals surface area contributed by atoms with E-state index >= 15 is 0 Å². The number of rotatable bonds is 19. The molecule has 0 unspecified atom stereocenters. The van der Waals surface area contributed by atoms with E-state index in [-0.39, 0.29) is 36.2 Å². The maximum absolute atomic E-state index is 10.6. The Balaban J connectivity index is 0.000000131. The van der Waals surface area contributed by atoms with E-state index in [1.807, 2.05) is 332 Å². The summed E-state index contributed by atoms with van der Waals surface area (Å²) in [6, 6.07) is 116. The molecule has 5 aromatic heterocycles. The maximum atomic E-state index is 10.6. The number of benzene rings is 15. The van der Waals surface area contributed by atoms with Crippen LogP contribution in [0.5, 0.6) is 51.7 Å². The quantitative estimate of drug-likeness (QED) is 0.0502. The van der Waals surface area contributed by atoms with Crippen LogP contribution in [0.3, 0.4) is 0 Å².